The first kappa shape index (κ1) is 22.9. The molecule has 0 aliphatic carbocycles. The van der Waals surface area contributed by atoms with Crippen molar-refractivity contribution in [1.29, 1.82) is 0 Å². The van der Waals surface area contributed by atoms with E-state index in [2.05, 4.69) is 15.3 Å². The lowest BCUT2D eigenvalue weighted by atomic mass is 10.1. The Morgan fingerprint density at radius 1 is 1.10 bits per heavy atom. The number of rotatable bonds is 7. The highest BCUT2D eigenvalue weighted by Crippen LogP contribution is 2.32. The zero-order chi connectivity index (χ0) is 22.4. The molecular formula is C21H17ClF3N3O2S. The summed E-state index contributed by atoms with van der Waals surface area (Å²) in [5, 5.41) is 3.14. The topological polar surface area (TPSA) is 64.1 Å². The van der Waals surface area contributed by atoms with Crippen LogP contribution in [0.3, 0.4) is 0 Å². The molecule has 10 heteroatoms. The smallest absolute Gasteiger partial charge is 0.433 e. The number of benzene rings is 2. The monoisotopic (exact) mass is 467 g/mol. The number of nitrogens with one attached hydrogen (secondary N) is 1. The van der Waals surface area contributed by atoms with Gasteiger partial charge in [0.15, 0.2) is 5.16 Å². The van der Waals surface area contributed by atoms with Crippen molar-refractivity contribution >= 4 is 29.3 Å². The minimum Gasteiger partial charge on any atom is -0.497 e. The lowest BCUT2D eigenvalue weighted by Gasteiger charge is -2.11. The SMILES string of the molecule is COc1ccc(-c2cc(C(F)(F)F)nc(SCC(=O)NCc3ccc(Cl)cc3)n2)cc1. The Morgan fingerprint density at radius 3 is 2.39 bits per heavy atom. The van der Waals surface area contributed by atoms with Gasteiger partial charge in [-0.25, -0.2) is 9.97 Å². The third-order valence-corrected chi connectivity index (χ3v) is 5.22. The summed E-state index contributed by atoms with van der Waals surface area (Å²) < 4.78 is 45.0. The Hall–Kier alpha value is -2.78. The molecule has 0 saturated heterocycles. The van der Waals surface area contributed by atoms with E-state index in [1.54, 1.807) is 48.5 Å². The Bertz CT molecular complexity index is 1050. The number of ether oxygens (including phenoxy) is 1. The molecule has 2 aromatic carbocycles. The second kappa shape index (κ2) is 10.0. The van der Waals surface area contributed by atoms with E-state index >= 15 is 0 Å². The van der Waals surface area contributed by atoms with Crippen LogP contribution in [0, 0.1) is 0 Å². The molecule has 0 fully saturated rings. The molecule has 0 aliphatic rings. The van der Waals surface area contributed by atoms with E-state index in [4.69, 9.17) is 16.3 Å². The van der Waals surface area contributed by atoms with Crippen LogP contribution < -0.4 is 10.1 Å². The number of nitrogens with zero attached hydrogens (tertiary/aromatic N) is 2. The number of methoxy groups -OCH3 is 1. The van der Waals surface area contributed by atoms with Crippen LogP contribution in [-0.2, 0) is 17.5 Å². The minimum atomic E-state index is -4.64. The van der Waals surface area contributed by atoms with Crippen molar-refractivity contribution in [2.24, 2.45) is 0 Å². The number of halogens is 4. The number of hydrogen-bond donors (Lipinski definition) is 1. The number of aromatic nitrogens is 2. The third-order valence-electron chi connectivity index (χ3n) is 4.12. The van der Waals surface area contributed by atoms with Gasteiger partial charge in [-0.15, -0.1) is 0 Å². The zero-order valence-electron chi connectivity index (χ0n) is 16.2. The minimum absolute atomic E-state index is 0.106. The molecular weight excluding hydrogens is 451 g/mol. The maximum atomic E-state index is 13.3. The first-order valence-corrected chi connectivity index (χ1v) is 10.4. The van der Waals surface area contributed by atoms with E-state index in [0.29, 0.717) is 16.3 Å². The lowest BCUT2D eigenvalue weighted by Crippen LogP contribution is -2.24. The second-order valence-electron chi connectivity index (χ2n) is 6.34. The van der Waals surface area contributed by atoms with Gasteiger partial charge < -0.3 is 10.1 Å². The lowest BCUT2D eigenvalue weighted by molar-refractivity contribution is -0.141. The molecule has 1 N–H and O–H groups in total. The molecule has 1 aromatic heterocycles. The molecule has 0 radical (unpaired) electrons. The van der Waals surface area contributed by atoms with Gasteiger partial charge in [-0.2, -0.15) is 13.2 Å². The molecule has 162 valence electrons. The van der Waals surface area contributed by atoms with Crippen LogP contribution in [0.25, 0.3) is 11.3 Å². The third kappa shape index (κ3) is 6.60. The molecule has 3 aromatic rings. The highest BCUT2D eigenvalue weighted by atomic mass is 35.5. The fraction of sp³-hybridized carbons (Fsp3) is 0.190. The van der Waals surface area contributed by atoms with Gasteiger partial charge in [0.25, 0.3) is 0 Å². The van der Waals surface area contributed by atoms with Crippen LogP contribution in [0.1, 0.15) is 11.3 Å². The number of carbonyl (C=O) groups excluding carboxylic acids is 1. The van der Waals surface area contributed by atoms with E-state index < -0.39 is 11.9 Å². The van der Waals surface area contributed by atoms with E-state index in [1.165, 1.54) is 7.11 Å². The van der Waals surface area contributed by atoms with Crippen LogP contribution in [0.2, 0.25) is 5.02 Å². The molecule has 3 rings (SSSR count). The summed E-state index contributed by atoms with van der Waals surface area (Å²) >= 11 is 6.65. The molecule has 5 nitrogen and oxygen atoms in total. The number of amides is 1. The normalized spacial score (nSPS) is 11.3. The molecule has 0 aliphatic heterocycles. The van der Waals surface area contributed by atoms with Crippen molar-refractivity contribution in [2.75, 3.05) is 12.9 Å². The average Bonchev–Trinajstić information content (AvgIpc) is 2.76. The number of thioether (sulfide) groups is 1. The quantitative estimate of drug-likeness (QED) is 0.380. The van der Waals surface area contributed by atoms with Crippen molar-refractivity contribution in [3.63, 3.8) is 0 Å². The van der Waals surface area contributed by atoms with Gasteiger partial charge in [0.1, 0.15) is 11.4 Å². The average molecular weight is 468 g/mol. The number of alkyl halides is 3. The molecule has 0 saturated carbocycles. The van der Waals surface area contributed by atoms with Crippen molar-refractivity contribution < 1.29 is 22.7 Å². The van der Waals surface area contributed by atoms with Crippen molar-refractivity contribution in [2.45, 2.75) is 17.9 Å². The summed E-state index contributed by atoms with van der Waals surface area (Å²) in [5.41, 5.74) is 0.356. The Morgan fingerprint density at radius 2 is 1.77 bits per heavy atom. The van der Waals surface area contributed by atoms with Crippen LogP contribution in [-0.4, -0.2) is 28.7 Å². The highest BCUT2D eigenvalue weighted by Gasteiger charge is 2.34. The van der Waals surface area contributed by atoms with E-state index in [0.717, 1.165) is 23.4 Å². The standard InChI is InChI=1S/C21H17ClF3N3O2S/c1-30-16-8-4-14(5-9-16)17-10-18(21(23,24)25)28-20(27-17)31-12-19(29)26-11-13-2-6-15(22)7-3-13/h2-10H,11-12H2,1H3,(H,26,29). The van der Waals surface area contributed by atoms with Gasteiger partial charge >= 0.3 is 6.18 Å². The van der Waals surface area contributed by atoms with Crippen LogP contribution in [0.15, 0.2) is 59.8 Å². The van der Waals surface area contributed by atoms with Gasteiger partial charge in [-0.1, -0.05) is 35.5 Å². The van der Waals surface area contributed by atoms with Gasteiger partial charge in [0.2, 0.25) is 5.91 Å². The predicted octanol–water partition coefficient (Wildman–Crippen LogP) is 5.23. The van der Waals surface area contributed by atoms with E-state index in [9.17, 15) is 18.0 Å². The molecule has 31 heavy (non-hydrogen) atoms. The van der Waals surface area contributed by atoms with Gasteiger partial charge in [-0.05, 0) is 48.0 Å². The number of hydrogen-bond acceptors (Lipinski definition) is 5. The largest absolute Gasteiger partial charge is 0.497 e. The van der Waals surface area contributed by atoms with Gasteiger partial charge in [-0.3, -0.25) is 4.79 Å². The Balaban J connectivity index is 1.71. The predicted molar refractivity (Wildman–Crippen MR) is 113 cm³/mol. The van der Waals surface area contributed by atoms with Crippen LogP contribution in [0.4, 0.5) is 13.2 Å². The number of carbonyl (C=O) groups is 1. The van der Waals surface area contributed by atoms with Crippen molar-refractivity contribution in [3.8, 4) is 17.0 Å². The maximum absolute atomic E-state index is 13.3. The summed E-state index contributed by atoms with van der Waals surface area (Å²) in [7, 11) is 1.49. The zero-order valence-corrected chi connectivity index (χ0v) is 17.8. The van der Waals surface area contributed by atoms with Gasteiger partial charge in [0.05, 0.1) is 18.6 Å². The fourth-order valence-corrected chi connectivity index (χ4v) is 3.34. The maximum Gasteiger partial charge on any atom is 0.433 e. The Kier molecular flexibility index (Phi) is 7.40. The molecule has 0 atom stereocenters. The summed E-state index contributed by atoms with van der Waals surface area (Å²) in [6.07, 6.45) is -4.64. The molecule has 1 amide bonds. The first-order chi connectivity index (χ1) is 14.7. The van der Waals surface area contributed by atoms with Crippen LogP contribution >= 0.6 is 23.4 Å². The Labute approximate surface area is 186 Å². The second-order valence-corrected chi connectivity index (χ2v) is 7.72. The van der Waals surface area contributed by atoms with Crippen molar-refractivity contribution in [1.82, 2.24) is 15.3 Å². The van der Waals surface area contributed by atoms with Crippen molar-refractivity contribution in [3.05, 3.63) is 70.9 Å². The summed E-state index contributed by atoms with van der Waals surface area (Å²) in [5.74, 6) is 0.0875. The van der Waals surface area contributed by atoms with E-state index in [-0.39, 0.29) is 29.1 Å². The molecule has 0 spiro atoms. The molecule has 0 unspecified atom stereocenters. The van der Waals surface area contributed by atoms with E-state index in [1.807, 2.05) is 0 Å². The highest BCUT2D eigenvalue weighted by molar-refractivity contribution is 7.99. The summed E-state index contributed by atoms with van der Waals surface area (Å²) in [6, 6.07) is 14.3. The first-order valence-electron chi connectivity index (χ1n) is 8.99. The van der Waals surface area contributed by atoms with Gasteiger partial charge in [0, 0.05) is 17.1 Å². The fourth-order valence-electron chi connectivity index (χ4n) is 2.53. The van der Waals surface area contributed by atoms with Crippen LogP contribution in [0.5, 0.6) is 5.75 Å². The molecule has 0 bridgehead atoms. The molecule has 1 heterocycles. The summed E-state index contributed by atoms with van der Waals surface area (Å²) in [6.45, 7) is 0.275. The summed E-state index contributed by atoms with van der Waals surface area (Å²) in [4.78, 5) is 19.9.